The van der Waals surface area contributed by atoms with E-state index >= 15 is 0 Å². The van der Waals surface area contributed by atoms with Crippen molar-refractivity contribution in [2.75, 3.05) is 24.7 Å². The van der Waals surface area contributed by atoms with Crippen molar-refractivity contribution in [3.05, 3.63) is 34.9 Å². The summed E-state index contributed by atoms with van der Waals surface area (Å²) >= 11 is 0. The number of imidazole rings is 1. The van der Waals surface area contributed by atoms with Crippen molar-refractivity contribution in [1.29, 1.82) is 0 Å². The molecule has 168 valence electrons. The second kappa shape index (κ2) is 7.58. The highest BCUT2D eigenvalue weighted by atomic mass is 19.3. The minimum atomic E-state index is -2.94. The molecule has 32 heavy (non-hydrogen) atoms. The third-order valence-electron chi connectivity index (χ3n) is 6.40. The number of rotatable bonds is 5. The molecule has 1 saturated heterocycles. The Bertz CT molecular complexity index is 1170. The molecule has 11 heteroatoms. The summed E-state index contributed by atoms with van der Waals surface area (Å²) < 4.78 is 38.5. The van der Waals surface area contributed by atoms with Crippen LogP contribution in [-0.4, -0.2) is 55.9 Å². The van der Waals surface area contributed by atoms with Crippen molar-refractivity contribution in [3.63, 3.8) is 0 Å². The Labute approximate surface area is 182 Å². The first-order valence-corrected chi connectivity index (χ1v) is 11.0. The summed E-state index contributed by atoms with van der Waals surface area (Å²) in [5, 5.41) is 4.39. The van der Waals surface area contributed by atoms with E-state index in [1.54, 1.807) is 4.52 Å². The highest BCUT2D eigenvalue weighted by molar-refractivity contribution is 5.73. The number of alkyl halides is 2. The van der Waals surface area contributed by atoms with Crippen molar-refractivity contribution < 1.29 is 18.3 Å². The SMILES string of the molecule is Cc1nc([C@@H]2CCOC2)c2c(N3CCc4nc(C5CC5)nc(OC(F)F)c4C3)ncnn12. The molecule has 0 N–H and O–H groups in total. The van der Waals surface area contributed by atoms with Gasteiger partial charge in [0.05, 0.1) is 30.1 Å². The lowest BCUT2D eigenvalue weighted by Gasteiger charge is -2.30. The largest absolute Gasteiger partial charge is 0.416 e. The molecule has 0 bridgehead atoms. The van der Waals surface area contributed by atoms with E-state index in [-0.39, 0.29) is 17.7 Å². The molecule has 0 unspecified atom stereocenters. The van der Waals surface area contributed by atoms with Gasteiger partial charge in [-0.1, -0.05) is 0 Å². The second-order valence-corrected chi connectivity index (χ2v) is 8.59. The number of halogens is 2. The van der Waals surface area contributed by atoms with Gasteiger partial charge in [0.2, 0.25) is 5.88 Å². The molecule has 5 heterocycles. The van der Waals surface area contributed by atoms with Gasteiger partial charge in [0.1, 0.15) is 23.5 Å². The summed E-state index contributed by atoms with van der Waals surface area (Å²) in [6.45, 7) is 1.29. The van der Waals surface area contributed by atoms with Crippen LogP contribution in [-0.2, 0) is 17.7 Å². The van der Waals surface area contributed by atoms with Crippen molar-refractivity contribution in [3.8, 4) is 5.88 Å². The number of aryl methyl sites for hydroxylation is 1. The topological polar surface area (TPSA) is 90.6 Å². The van der Waals surface area contributed by atoms with Gasteiger partial charge in [-0.3, -0.25) is 0 Å². The van der Waals surface area contributed by atoms with E-state index in [9.17, 15) is 8.78 Å². The van der Waals surface area contributed by atoms with Crippen LogP contribution in [0, 0.1) is 6.92 Å². The minimum absolute atomic E-state index is 0.0178. The van der Waals surface area contributed by atoms with Crippen molar-refractivity contribution in [1.82, 2.24) is 29.5 Å². The zero-order valence-corrected chi connectivity index (χ0v) is 17.7. The van der Waals surface area contributed by atoms with Crippen molar-refractivity contribution in [2.24, 2.45) is 0 Å². The zero-order valence-electron chi connectivity index (χ0n) is 17.7. The summed E-state index contributed by atoms with van der Waals surface area (Å²) in [4.78, 5) is 20.4. The third kappa shape index (κ3) is 3.35. The van der Waals surface area contributed by atoms with Gasteiger partial charge in [0, 0.05) is 31.4 Å². The minimum Gasteiger partial charge on any atom is -0.416 e. The molecule has 1 aliphatic carbocycles. The van der Waals surface area contributed by atoms with Crippen molar-refractivity contribution in [2.45, 2.75) is 57.6 Å². The maximum absolute atomic E-state index is 13.2. The third-order valence-corrected chi connectivity index (χ3v) is 6.40. The average Bonchev–Trinajstić information content (AvgIpc) is 3.39. The predicted octanol–water partition coefficient (Wildman–Crippen LogP) is 2.77. The summed E-state index contributed by atoms with van der Waals surface area (Å²) in [5.74, 6) is 2.54. The fourth-order valence-corrected chi connectivity index (χ4v) is 4.64. The molecule has 0 amide bonds. The fourth-order valence-electron chi connectivity index (χ4n) is 4.64. The average molecular weight is 443 g/mol. The summed E-state index contributed by atoms with van der Waals surface area (Å²) in [7, 11) is 0. The second-order valence-electron chi connectivity index (χ2n) is 8.59. The molecule has 1 saturated carbocycles. The summed E-state index contributed by atoms with van der Waals surface area (Å²) in [6, 6.07) is 0. The van der Waals surface area contributed by atoms with Gasteiger partial charge >= 0.3 is 6.61 Å². The molecular formula is C21H23F2N7O2. The van der Waals surface area contributed by atoms with Gasteiger partial charge < -0.3 is 14.4 Å². The Balaban J connectivity index is 1.41. The van der Waals surface area contributed by atoms with Crippen LogP contribution < -0.4 is 9.64 Å². The Hall–Kier alpha value is -2.95. The monoisotopic (exact) mass is 443 g/mol. The molecule has 6 rings (SSSR count). The number of fused-ring (bicyclic) bond motifs is 2. The first-order valence-electron chi connectivity index (χ1n) is 11.0. The highest BCUT2D eigenvalue weighted by Gasteiger charge is 2.33. The van der Waals surface area contributed by atoms with Crippen LogP contribution in [0.4, 0.5) is 14.6 Å². The molecular weight excluding hydrogens is 420 g/mol. The predicted molar refractivity (Wildman–Crippen MR) is 109 cm³/mol. The normalized spacial score (nSPS) is 20.9. The van der Waals surface area contributed by atoms with E-state index in [0.717, 1.165) is 47.8 Å². The first kappa shape index (κ1) is 19.7. The molecule has 2 fully saturated rings. The van der Waals surface area contributed by atoms with Gasteiger partial charge in [-0.25, -0.2) is 19.5 Å². The van der Waals surface area contributed by atoms with Crippen molar-refractivity contribution >= 4 is 11.3 Å². The maximum atomic E-state index is 13.2. The quantitative estimate of drug-likeness (QED) is 0.595. The Morgan fingerprint density at radius 3 is 2.78 bits per heavy atom. The molecule has 3 aliphatic rings. The van der Waals surface area contributed by atoms with E-state index in [1.165, 1.54) is 6.33 Å². The zero-order chi connectivity index (χ0) is 21.8. The standard InChI is InChI=1S/C21H23F2N7O2/c1-11-26-16(13-5-7-31-9-13)17-19(24-10-25-30(11)17)29-6-4-15-14(8-29)20(32-21(22)23)28-18(27-15)12-2-3-12/h10,12-13,21H,2-9H2,1H3/t13-/m1/s1. The van der Waals surface area contributed by atoms with Crippen LogP contribution in [0.15, 0.2) is 6.33 Å². The van der Waals surface area contributed by atoms with E-state index < -0.39 is 6.61 Å². The molecule has 3 aromatic rings. The van der Waals surface area contributed by atoms with Gasteiger partial charge in [0.15, 0.2) is 5.82 Å². The molecule has 0 radical (unpaired) electrons. The lowest BCUT2D eigenvalue weighted by molar-refractivity contribution is -0.0538. The van der Waals surface area contributed by atoms with Crippen LogP contribution in [0.1, 0.15) is 59.7 Å². The summed E-state index contributed by atoms with van der Waals surface area (Å²) in [6.07, 6.45) is 4.98. The Morgan fingerprint density at radius 1 is 1.16 bits per heavy atom. The highest BCUT2D eigenvalue weighted by Crippen LogP contribution is 2.41. The number of aromatic nitrogens is 6. The Kier molecular flexibility index (Phi) is 4.67. The fraction of sp³-hybridized carbons (Fsp3) is 0.571. The first-order chi connectivity index (χ1) is 15.6. The molecule has 3 aromatic heterocycles. The molecule has 0 spiro atoms. The van der Waals surface area contributed by atoms with Crippen LogP contribution in [0.2, 0.25) is 0 Å². The smallest absolute Gasteiger partial charge is 0.388 e. The molecule has 1 atom stereocenters. The van der Waals surface area contributed by atoms with Crippen LogP contribution in [0.25, 0.3) is 5.52 Å². The van der Waals surface area contributed by atoms with E-state index in [0.29, 0.717) is 44.1 Å². The van der Waals surface area contributed by atoms with E-state index in [1.807, 2.05) is 6.92 Å². The van der Waals surface area contributed by atoms with Gasteiger partial charge in [-0.15, -0.1) is 0 Å². The number of hydrogen-bond donors (Lipinski definition) is 0. The summed E-state index contributed by atoms with van der Waals surface area (Å²) in [5.41, 5.74) is 3.15. The van der Waals surface area contributed by atoms with Gasteiger partial charge in [-0.2, -0.15) is 18.9 Å². The molecule has 9 nitrogen and oxygen atoms in total. The van der Waals surface area contributed by atoms with E-state index in [4.69, 9.17) is 14.5 Å². The molecule has 0 aromatic carbocycles. The number of anilines is 1. The van der Waals surface area contributed by atoms with E-state index in [2.05, 4.69) is 25.0 Å². The van der Waals surface area contributed by atoms with Gasteiger partial charge in [-0.05, 0) is 26.2 Å². The van der Waals surface area contributed by atoms with Crippen LogP contribution in [0.5, 0.6) is 5.88 Å². The molecule has 2 aliphatic heterocycles. The van der Waals surface area contributed by atoms with Crippen LogP contribution in [0.3, 0.4) is 0 Å². The number of hydrogen-bond acceptors (Lipinski definition) is 8. The number of nitrogens with zero attached hydrogens (tertiary/aromatic N) is 7. The van der Waals surface area contributed by atoms with Crippen LogP contribution >= 0.6 is 0 Å². The maximum Gasteiger partial charge on any atom is 0.388 e. The van der Waals surface area contributed by atoms with Gasteiger partial charge in [0.25, 0.3) is 0 Å². The number of ether oxygens (including phenoxy) is 2. The Morgan fingerprint density at radius 2 is 2.03 bits per heavy atom. The lowest BCUT2D eigenvalue weighted by Crippen LogP contribution is -2.33. The lowest BCUT2D eigenvalue weighted by atomic mass is 10.0.